The van der Waals surface area contributed by atoms with Gasteiger partial charge in [-0.2, -0.15) is 0 Å². The molecule has 15 heavy (non-hydrogen) atoms. The topological polar surface area (TPSA) is 0 Å². The molecule has 0 bridgehead atoms. The molecule has 0 unspecified atom stereocenters. The third kappa shape index (κ3) is 5.08. The standard InChI is InChI=1S/C14H20S/c1-2-3-4-5-9-12-14(15)13-10-7-6-8-11-13/h6-8,10-11H,2-5,9,12H2,1H3. The molecule has 1 aromatic rings. The molecule has 0 heterocycles. The summed E-state index contributed by atoms with van der Waals surface area (Å²) in [5.74, 6) is 0. The van der Waals surface area contributed by atoms with E-state index in [9.17, 15) is 0 Å². The van der Waals surface area contributed by atoms with Crippen molar-refractivity contribution < 1.29 is 0 Å². The molecule has 0 amide bonds. The molecule has 0 atom stereocenters. The van der Waals surface area contributed by atoms with Crippen molar-refractivity contribution in [3.8, 4) is 0 Å². The summed E-state index contributed by atoms with van der Waals surface area (Å²) in [5, 5.41) is 0. The van der Waals surface area contributed by atoms with Gasteiger partial charge in [-0.15, -0.1) is 0 Å². The van der Waals surface area contributed by atoms with Gasteiger partial charge in [-0.05, 0) is 18.4 Å². The van der Waals surface area contributed by atoms with Crippen LogP contribution in [0.4, 0.5) is 0 Å². The minimum absolute atomic E-state index is 1.07. The largest absolute Gasteiger partial charge is 0.0843 e. The first-order chi connectivity index (χ1) is 7.34. The summed E-state index contributed by atoms with van der Waals surface area (Å²) in [7, 11) is 0. The van der Waals surface area contributed by atoms with E-state index in [1.807, 2.05) is 6.07 Å². The Morgan fingerprint density at radius 1 is 1.00 bits per heavy atom. The first-order valence-corrected chi connectivity index (χ1v) is 6.33. The predicted octanol–water partition coefficient (Wildman–Crippen LogP) is 4.77. The predicted molar refractivity (Wildman–Crippen MR) is 71.5 cm³/mol. The molecule has 0 nitrogen and oxygen atoms in total. The van der Waals surface area contributed by atoms with Crippen LogP contribution in [0.1, 0.15) is 51.0 Å². The molecule has 0 spiro atoms. The Morgan fingerprint density at radius 3 is 2.33 bits per heavy atom. The maximum absolute atomic E-state index is 5.40. The molecule has 1 rings (SSSR count). The van der Waals surface area contributed by atoms with Gasteiger partial charge >= 0.3 is 0 Å². The van der Waals surface area contributed by atoms with Crippen molar-refractivity contribution in [2.24, 2.45) is 0 Å². The summed E-state index contributed by atoms with van der Waals surface area (Å²) >= 11 is 5.40. The average Bonchev–Trinajstić information content (AvgIpc) is 2.30. The van der Waals surface area contributed by atoms with Crippen molar-refractivity contribution in [2.45, 2.75) is 45.4 Å². The quantitative estimate of drug-likeness (QED) is 0.362. The second kappa shape index (κ2) is 7.58. The fourth-order valence-corrected chi connectivity index (χ4v) is 1.94. The van der Waals surface area contributed by atoms with Crippen molar-refractivity contribution in [3.05, 3.63) is 35.9 Å². The van der Waals surface area contributed by atoms with Crippen LogP contribution in [0, 0.1) is 0 Å². The smallest absolute Gasteiger partial charge is 0.0224 e. The number of hydrogen-bond acceptors (Lipinski definition) is 1. The zero-order valence-corrected chi connectivity index (χ0v) is 10.4. The highest BCUT2D eigenvalue weighted by molar-refractivity contribution is 7.80. The maximum Gasteiger partial charge on any atom is 0.0224 e. The summed E-state index contributed by atoms with van der Waals surface area (Å²) < 4.78 is 0. The van der Waals surface area contributed by atoms with E-state index in [0.717, 1.165) is 11.3 Å². The van der Waals surface area contributed by atoms with Crippen LogP contribution in [-0.4, -0.2) is 4.86 Å². The monoisotopic (exact) mass is 220 g/mol. The van der Waals surface area contributed by atoms with E-state index in [1.54, 1.807) is 0 Å². The molecule has 82 valence electrons. The highest BCUT2D eigenvalue weighted by Gasteiger charge is 1.99. The van der Waals surface area contributed by atoms with E-state index in [0.29, 0.717) is 0 Å². The average molecular weight is 220 g/mol. The molecule has 1 aromatic carbocycles. The highest BCUT2D eigenvalue weighted by Crippen LogP contribution is 2.10. The van der Waals surface area contributed by atoms with Crippen LogP contribution in [0.3, 0.4) is 0 Å². The molecule has 0 aliphatic rings. The minimum atomic E-state index is 1.07. The van der Waals surface area contributed by atoms with Gasteiger partial charge in [-0.1, -0.05) is 75.2 Å². The summed E-state index contributed by atoms with van der Waals surface area (Å²) in [6.45, 7) is 2.24. The summed E-state index contributed by atoms with van der Waals surface area (Å²) in [5.41, 5.74) is 1.22. The SMILES string of the molecule is CCCCCCCC(=S)c1ccccc1. The number of rotatable bonds is 7. The van der Waals surface area contributed by atoms with Crippen LogP contribution in [0.2, 0.25) is 0 Å². The lowest BCUT2D eigenvalue weighted by atomic mass is 10.0. The molecule has 0 radical (unpaired) electrons. The lowest BCUT2D eigenvalue weighted by Gasteiger charge is -2.03. The summed E-state index contributed by atoms with van der Waals surface area (Å²) in [6.07, 6.45) is 7.66. The second-order valence-corrected chi connectivity index (χ2v) is 4.45. The van der Waals surface area contributed by atoms with Gasteiger partial charge in [0.15, 0.2) is 0 Å². The Kier molecular flexibility index (Phi) is 6.26. The van der Waals surface area contributed by atoms with Crippen molar-refractivity contribution >= 4 is 17.1 Å². The Bertz CT molecular complexity index is 277. The third-order valence-electron chi connectivity index (χ3n) is 2.60. The van der Waals surface area contributed by atoms with E-state index in [4.69, 9.17) is 12.2 Å². The van der Waals surface area contributed by atoms with E-state index >= 15 is 0 Å². The summed E-state index contributed by atoms with van der Waals surface area (Å²) in [6, 6.07) is 10.4. The fraction of sp³-hybridized carbons (Fsp3) is 0.500. The van der Waals surface area contributed by atoms with Crippen LogP contribution in [0.25, 0.3) is 0 Å². The van der Waals surface area contributed by atoms with Gasteiger partial charge in [0.25, 0.3) is 0 Å². The van der Waals surface area contributed by atoms with Crippen LogP contribution in [0.15, 0.2) is 30.3 Å². The zero-order chi connectivity index (χ0) is 10.9. The first kappa shape index (κ1) is 12.4. The molecule has 1 heteroatoms. The van der Waals surface area contributed by atoms with Crippen LogP contribution < -0.4 is 0 Å². The third-order valence-corrected chi connectivity index (χ3v) is 3.04. The van der Waals surface area contributed by atoms with Gasteiger partial charge in [0.2, 0.25) is 0 Å². The van der Waals surface area contributed by atoms with Crippen molar-refractivity contribution in [1.82, 2.24) is 0 Å². The highest BCUT2D eigenvalue weighted by atomic mass is 32.1. The van der Waals surface area contributed by atoms with Crippen LogP contribution in [-0.2, 0) is 0 Å². The van der Waals surface area contributed by atoms with E-state index in [1.165, 1.54) is 37.7 Å². The molecule has 0 N–H and O–H groups in total. The normalized spacial score (nSPS) is 10.2. The van der Waals surface area contributed by atoms with Gasteiger partial charge in [-0.3, -0.25) is 0 Å². The Morgan fingerprint density at radius 2 is 1.67 bits per heavy atom. The molecule has 0 saturated heterocycles. The maximum atomic E-state index is 5.40. The number of thiocarbonyl (C=S) groups is 1. The Hall–Kier alpha value is -0.690. The van der Waals surface area contributed by atoms with E-state index in [2.05, 4.69) is 31.2 Å². The Labute approximate surface area is 98.7 Å². The molecule has 0 aliphatic heterocycles. The molecule has 0 aliphatic carbocycles. The van der Waals surface area contributed by atoms with E-state index in [-0.39, 0.29) is 0 Å². The first-order valence-electron chi connectivity index (χ1n) is 5.93. The van der Waals surface area contributed by atoms with Crippen molar-refractivity contribution in [1.29, 1.82) is 0 Å². The second-order valence-electron chi connectivity index (χ2n) is 3.95. The van der Waals surface area contributed by atoms with Gasteiger partial charge < -0.3 is 0 Å². The van der Waals surface area contributed by atoms with Gasteiger partial charge in [0.1, 0.15) is 0 Å². The molecule has 0 aromatic heterocycles. The van der Waals surface area contributed by atoms with Crippen LogP contribution >= 0.6 is 12.2 Å². The minimum Gasteiger partial charge on any atom is -0.0843 e. The molecule has 0 fully saturated rings. The molecular weight excluding hydrogens is 200 g/mol. The number of benzene rings is 1. The zero-order valence-electron chi connectivity index (χ0n) is 9.54. The van der Waals surface area contributed by atoms with Gasteiger partial charge in [0.05, 0.1) is 0 Å². The fourth-order valence-electron chi connectivity index (χ4n) is 1.66. The van der Waals surface area contributed by atoms with Crippen molar-refractivity contribution in [3.63, 3.8) is 0 Å². The van der Waals surface area contributed by atoms with Crippen LogP contribution in [0.5, 0.6) is 0 Å². The molecular formula is C14H20S. The molecule has 0 saturated carbocycles. The number of hydrogen-bond donors (Lipinski definition) is 0. The van der Waals surface area contributed by atoms with Gasteiger partial charge in [0, 0.05) is 4.86 Å². The van der Waals surface area contributed by atoms with E-state index < -0.39 is 0 Å². The van der Waals surface area contributed by atoms with Gasteiger partial charge in [-0.25, -0.2) is 0 Å². The lowest BCUT2D eigenvalue weighted by molar-refractivity contribution is 0.644. The number of unbranched alkanes of at least 4 members (excludes halogenated alkanes) is 4. The van der Waals surface area contributed by atoms with Crippen molar-refractivity contribution in [2.75, 3.05) is 0 Å². The lowest BCUT2D eigenvalue weighted by Crippen LogP contribution is -1.96. The summed E-state index contributed by atoms with van der Waals surface area (Å²) in [4.78, 5) is 1.12. The Balaban J connectivity index is 2.20.